The molecule has 4 atom stereocenters. The molecule has 0 fully saturated rings. The van der Waals surface area contributed by atoms with Crippen LogP contribution in [0.15, 0.2) is 5.16 Å². The number of rotatable bonds is 13. The fraction of sp³-hybridized carbons (Fsp3) is 0.941. The van der Waals surface area contributed by atoms with Gasteiger partial charge in [-0.2, -0.15) is 25.6 Å². The predicted molar refractivity (Wildman–Crippen MR) is 112 cm³/mol. The average Bonchev–Trinajstić information content (AvgIpc) is 2.66. The van der Waals surface area contributed by atoms with E-state index in [1.165, 1.54) is 13.8 Å². The van der Waals surface area contributed by atoms with Crippen molar-refractivity contribution in [3.05, 3.63) is 0 Å². The minimum absolute atomic E-state index is 0.0105. The van der Waals surface area contributed by atoms with Crippen molar-refractivity contribution in [2.45, 2.75) is 70.9 Å². The van der Waals surface area contributed by atoms with Gasteiger partial charge in [-0.1, -0.05) is 32.9 Å². The highest BCUT2D eigenvalue weighted by atomic mass is 32.2. The van der Waals surface area contributed by atoms with Crippen LogP contribution < -0.4 is 0 Å². The summed E-state index contributed by atoms with van der Waals surface area (Å²) in [5, 5.41) is 20.0. The molecule has 0 aliphatic rings. The zero-order valence-corrected chi connectivity index (χ0v) is 21.0. The molecule has 0 saturated heterocycles. The Morgan fingerprint density at radius 2 is 1.24 bits per heavy atom. The molecular formula is C17H33F4NO9S2. The maximum atomic E-state index is 13.5. The number of nitrogens with zero attached hydrogens (tertiary/aromatic N) is 1. The molecule has 0 unspecified atom stereocenters. The van der Waals surface area contributed by atoms with Crippen molar-refractivity contribution in [1.82, 2.24) is 0 Å². The van der Waals surface area contributed by atoms with Crippen LogP contribution in [0.1, 0.15) is 40.5 Å². The van der Waals surface area contributed by atoms with E-state index in [2.05, 4.69) is 18.4 Å². The lowest BCUT2D eigenvalue weighted by Crippen LogP contribution is -2.45. The highest BCUT2D eigenvalue weighted by molar-refractivity contribution is 7.86. The fourth-order valence-electron chi connectivity index (χ4n) is 2.43. The van der Waals surface area contributed by atoms with E-state index in [-0.39, 0.29) is 12.8 Å². The summed E-state index contributed by atoms with van der Waals surface area (Å²) in [4.78, 5) is 4.17. The molecule has 10 nitrogen and oxygen atoms in total. The predicted octanol–water partition coefficient (Wildman–Crippen LogP) is 1.97. The lowest BCUT2D eigenvalue weighted by Gasteiger charge is -2.30. The summed E-state index contributed by atoms with van der Waals surface area (Å²) >= 11 is 0. The van der Waals surface area contributed by atoms with Crippen LogP contribution in [0.3, 0.4) is 0 Å². The molecule has 0 heterocycles. The molecule has 0 bridgehead atoms. The lowest BCUT2D eigenvalue weighted by atomic mass is 9.95. The molecule has 0 aromatic rings. The molecular weight excluding hydrogens is 502 g/mol. The molecule has 16 heteroatoms. The summed E-state index contributed by atoms with van der Waals surface area (Å²) in [5.41, 5.74) is 0. The van der Waals surface area contributed by atoms with Gasteiger partial charge in [0.1, 0.15) is 13.3 Å². The first-order chi connectivity index (χ1) is 14.7. The SMILES string of the molecule is CC[C@@H](OS(C)(=O)=O)[C@@H](C)C(F)(F)/C=N/OC.CC[C@@H](OS(C)(=O)=O)[C@@H](C)C(F)(F)C(O)O. The smallest absolute Gasteiger partial charge is 0.302 e. The molecule has 200 valence electrons. The van der Waals surface area contributed by atoms with Crippen molar-refractivity contribution >= 4 is 26.5 Å². The van der Waals surface area contributed by atoms with Crippen molar-refractivity contribution in [3.8, 4) is 0 Å². The van der Waals surface area contributed by atoms with Crippen LogP contribution >= 0.6 is 0 Å². The number of aliphatic hydroxyl groups excluding tert-OH is 1. The van der Waals surface area contributed by atoms with Crippen LogP contribution in [0, 0.1) is 11.8 Å². The van der Waals surface area contributed by atoms with Crippen LogP contribution in [-0.4, -0.2) is 83.2 Å². The molecule has 0 saturated carbocycles. The Morgan fingerprint density at radius 1 is 0.879 bits per heavy atom. The quantitative estimate of drug-likeness (QED) is 0.119. The second-order valence-corrected chi connectivity index (χ2v) is 10.4. The summed E-state index contributed by atoms with van der Waals surface area (Å²) in [6.07, 6.45) is -3.19. The Kier molecular flexibility index (Phi) is 14.2. The van der Waals surface area contributed by atoms with E-state index < -0.39 is 62.4 Å². The summed E-state index contributed by atoms with van der Waals surface area (Å²) in [5.74, 6) is -10.1. The highest BCUT2D eigenvalue weighted by Crippen LogP contribution is 2.33. The number of hydrogen-bond acceptors (Lipinski definition) is 10. The topological polar surface area (TPSA) is 149 Å². The van der Waals surface area contributed by atoms with Crippen molar-refractivity contribution in [3.63, 3.8) is 0 Å². The summed E-state index contributed by atoms with van der Waals surface area (Å²) in [7, 11) is -6.49. The van der Waals surface area contributed by atoms with E-state index >= 15 is 0 Å². The van der Waals surface area contributed by atoms with Gasteiger partial charge in [0.15, 0.2) is 0 Å². The molecule has 0 rings (SSSR count). The third kappa shape index (κ3) is 13.4. The van der Waals surface area contributed by atoms with Gasteiger partial charge in [0.25, 0.3) is 26.2 Å². The first-order valence-corrected chi connectivity index (χ1v) is 13.2. The third-order valence-corrected chi connectivity index (χ3v) is 5.60. The van der Waals surface area contributed by atoms with Gasteiger partial charge in [0.2, 0.25) is 6.29 Å². The van der Waals surface area contributed by atoms with Gasteiger partial charge in [-0.25, -0.2) is 8.78 Å². The molecule has 0 radical (unpaired) electrons. The first-order valence-electron chi connectivity index (χ1n) is 9.62. The Balaban J connectivity index is 0. The largest absolute Gasteiger partial charge is 0.399 e. The van der Waals surface area contributed by atoms with Crippen LogP contribution in [-0.2, 0) is 33.4 Å². The normalized spacial score (nSPS) is 17.3. The second-order valence-electron chi connectivity index (χ2n) is 7.21. The Labute approximate surface area is 192 Å². The van der Waals surface area contributed by atoms with E-state index in [1.54, 1.807) is 6.92 Å². The Bertz CT molecular complexity index is 805. The van der Waals surface area contributed by atoms with Crippen molar-refractivity contribution in [2.24, 2.45) is 17.0 Å². The maximum Gasteiger partial charge on any atom is 0.302 e. The Hall–Kier alpha value is -1.07. The molecule has 0 aliphatic heterocycles. The Morgan fingerprint density at radius 3 is 1.52 bits per heavy atom. The number of halogens is 4. The molecule has 0 aliphatic carbocycles. The molecule has 0 amide bonds. The van der Waals surface area contributed by atoms with Crippen LogP contribution in [0.2, 0.25) is 0 Å². The number of aliphatic hydroxyl groups is 2. The summed E-state index contributed by atoms with van der Waals surface area (Å²) in [6.45, 7) is 5.22. The second kappa shape index (κ2) is 13.7. The molecule has 0 spiro atoms. The van der Waals surface area contributed by atoms with Crippen molar-refractivity contribution in [1.29, 1.82) is 0 Å². The van der Waals surface area contributed by atoms with E-state index in [0.29, 0.717) is 6.21 Å². The van der Waals surface area contributed by atoms with Gasteiger partial charge in [0.05, 0.1) is 36.6 Å². The summed E-state index contributed by atoms with van der Waals surface area (Å²) < 4.78 is 106. The minimum Gasteiger partial charge on any atom is -0.399 e. The average molecular weight is 536 g/mol. The summed E-state index contributed by atoms with van der Waals surface area (Å²) in [6, 6.07) is 0. The lowest BCUT2D eigenvalue weighted by molar-refractivity contribution is -0.241. The zero-order chi connectivity index (χ0) is 26.8. The highest BCUT2D eigenvalue weighted by Gasteiger charge is 2.47. The van der Waals surface area contributed by atoms with Crippen molar-refractivity contribution < 1.29 is 57.8 Å². The van der Waals surface area contributed by atoms with E-state index in [9.17, 15) is 34.4 Å². The number of alkyl halides is 4. The van der Waals surface area contributed by atoms with Gasteiger partial charge < -0.3 is 15.1 Å². The van der Waals surface area contributed by atoms with Gasteiger partial charge in [0, 0.05) is 0 Å². The number of hydrogen-bond donors (Lipinski definition) is 2. The van der Waals surface area contributed by atoms with Crippen LogP contribution in [0.5, 0.6) is 0 Å². The minimum atomic E-state index is -3.86. The van der Waals surface area contributed by atoms with E-state index in [0.717, 1.165) is 26.5 Å². The van der Waals surface area contributed by atoms with Gasteiger partial charge in [-0.3, -0.25) is 8.37 Å². The molecule has 0 aromatic heterocycles. The van der Waals surface area contributed by atoms with Gasteiger partial charge in [-0.15, -0.1) is 0 Å². The molecule has 33 heavy (non-hydrogen) atoms. The van der Waals surface area contributed by atoms with E-state index in [1.807, 2.05) is 0 Å². The maximum absolute atomic E-state index is 13.5. The van der Waals surface area contributed by atoms with E-state index in [4.69, 9.17) is 10.2 Å². The molecule has 2 N–H and O–H groups in total. The third-order valence-electron chi connectivity index (χ3n) is 4.41. The number of oxime groups is 1. The zero-order valence-electron chi connectivity index (χ0n) is 19.4. The standard InChI is InChI=1S/C9H17F2NO4S.C8H16F2O5S/c1-5-8(16-17(4,13)14)7(2)9(10,11)6-12-15-3;1-4-6(15-16(3,13)14)5(2)8(9,10)7(11)12/h6-8H,5H2,1-4H3;5-7,11-12H,4H2,1-3H3/b12-6+;/t7-,8-;5-,6-/m11/s1. The molecule has 0 aromatic carbocycles. The van der Waals surface area contributed by atoms with Gasteiger partial charge in [-0.05, 0) is 12.8 Å². The monoisotopic (exact) mass is 535 g/mol. The van der Waals surface area contributed by atoms with Crippen molar-refractivity contribution in [2.75, 3.05) is 19.6 Å². The van der Waals surface area contributed by atoms with Gasteiger partial charge >= 0.3 is 5.92 Å². The van der Waals surface area contributed by atoms with Crippen LogP contribution in [0.25, 0.3) is 0 Å². The fourth-order valence-corrected chi connectivity index (χ4v) is 3.93. The first kappa shape index (κ1) is 34.1. The van der Waals surface area contributed by atoms with Crippen LogP contribution in [0.4, 0.5) is 17.6 Å².